The van der Waals surface area contributed by atoms with Crippen molar-refractivity contribution in [3.8, 4) is 5.69 Å². The molecule has 6 rings (SSSR count). The minimum absolute atomic E-state index is 0. The van der Waals surface area contributed by atoms with Crippen LogP contribution in [0.5, 0.6) is 0 Å². The molecule has 2 aliphatic heterocycles. The van der Waals surface area contributed by atoms with Crippen LogP contribution in [0.25, 0.3) is 22.4 Å². The van der Waals surface area contributed by atoms with Gasteiger partial charge in [-0.05, 0) is 73.0 Å². The molecule has 0 saturated carbocycles. The number of allylic oxidation sites excluding steroid dienone is 4. The third-order valence-corrected chi connectivity index (χ3v) is 6.63. The third kappa shape index (κ3) is 4.24. The second kappa shape index (κ2) is 9.70. The van der Waals surface area contributed by atoms with E-state index in [9.17, 15) is 0 Å². The van der Waals surface area contributed by atoms with Gasteiger partial charge in [-0.2, -0.15) is 0 Å². The maximum absolute atomic E-state index is 4.57. The molecule has 0 N–H and O–H groups in total. The van der Waals surface area contributed by atoms with Crippen molar-refractivity contribution in [2.45, 2.75) is 20.8 Å². The van der Waals surface area contributed by atoms with Gasteiger partial charge in [-0.1, -0.05) is 37.8 Å². The number of pyridine rings is 2. The van der Waals surface area contributed by atoms with Gasteiger partial charge in [-0.3, -0.25) is 4.98 Å². The molecule has 0 unspecified atom stereocenters. The van der Waals surface area contributed by atoms with E-state index in [1.54, 1.807) is 0 Å². The Labute approximate surface area is 213 Å². The number of nitrogens with zero attached hydrogens (tertiary/aromatic N) is 5. The lowest BCUT2D eigenvalue weighted by Crippen LogP contribution is -2.25. The number of hydrogen-bond donors (Lipinski definition) is 0. The van der Waals surface area contributed by atoms with Crippen LogP contribution in [-0.4, -0.2) is 33.0 Å². The molecule has 0 atom stereocenters. The molecule has 0 fully saturated rings. The first-order valence-corrected chi connectivity index (χ1v) is 11.9. The average Bonchev–Trinajstić information content (AvgIpc) is 3.34. The summed E-state index contributed by atoms with van der Waals surface area (Å²) < 4.78 is 2.13. The van der Waals surface area contributed by atoms with Crippen molar-refractivity contribution < 1.29 is 0 Å². The van der Waals surface area contributed by atoms with Crippen molar-refractivity contribution in [1.82, 2.24) is 19.4 Å². The van der Waals surface area contributed by atoms with E-state index in [0.717, 1.165) is 46.8 Å². The Morgan fingerprint density at radius 2 is 1.72 bits per heavy atom. The highest BCUT2D eigenvalue weighted by atomic mass is 15.2. The first-order valence-electron chi connectivity index (χ1n) is 11.9. The second-order valence-electron chi connectivity index (χ2n) is 8.99. The van der Waals surface area contributed by atoms with E-state index >= 15 is 0 Å². The summed E-state index contributed by atoms with van der Waals surface area (Å²) in [5, 5.41) is 1.14. The van der Waals surface area contributed by atoms with Gasteiger partial charge in [0.15, 0.2) is 0 Å². The highest BCUT2D eigenvalue weighted by Crippen LogP contribution is 2.35. The minimum Gasteiger partial charge on any atom is -0.371 e. The van der Waals surface area contributed by atoms with Crippen LogP contribution in [0, 0.1) is 6.92 Å². The van der Waals surface area contributed by atoms with Gasteiger partial charge in [0.1, 0.15) is 5.65 Å². The van der Waals surface area contributed by atoms with Crippen molar-refractivity contribution in [2.24, 2.45) is 0 Å². The van der Waals surface area contributed by atoms with E-state index < -0.39 is 0 Å². The van der Waals surface area contributed by atoms with Crippen LogP contribution in [-0.2, 0) is 0 Å². The number of rotatable bonds is 4. The molecule has 0 amide bonds. The Balaban J connectivity index is 0.00000267. The van der Waals surface area contributed by atoms with E-state index in [0.29, 0.717) is 0 Å². The molecule has 5 heterocycles. The number of anilines is 1. The van der Waals surface area contributed by atoms with Crippen molar-refractivity contribution in [2.75, 3.05) is 18.5 Å². The average molecular weight is 474 g/mol. The van der Waals surface area contributed by atoms with Gasteiger partial charge in [0.25, 0.3) is 0 Å². The molecule has 0 saturated heterocycles. The molecule has 4 aromatic rings. The number of fused-ring (bicyclic) bond motifs is 1. The van der Waals surface area contributed by atoms with Gasteiger partial charge >= 0.3 is 0 Å². The van der Waals surface area contributed by atoms with Crippen LogP contribution in [0.4, 0.5) is 5.69 Å². The predicted octanol–water partition coefficient (Wildman–Crippen LogP) is 6.89. The number of hydrogen-bond acceptors (Lipinski definition) is 4. The lowest BCUT2D eigenvalue weighted by molar-refractivity contribution is 0.465. The molecular weight excluding hydrogens is 442 g/mol. The maximum atomic E-state index is 4.57. The molecule has 36 heavy (non-hydrogen) atoms. The van der Waals surface area contributed by atoms with Crippen molar-refractivity contribution in [3.05, 3.63) is 126 Å². The zero-order valence-electron chi connectivity index (χ0n) is 20.0. The van der Waals surface area contributed by atoms with E-state index in [1.165, 1.54) is 16.8 Å². The molecule has 1 aromatic carbocycles. The highest BCUT2D eigenvalue weighted by Gasteiger charge is 2.21. The Morgan fingerprint density at radius 1 is 0.889 bits per heavy atom. The summed E-state index contributed by atoms with van der Waals surface area (Å²) in [6.45, 7) is 2.95. The summed E-state index contributed by atoms with van der Waals surface area (Å²) in [6, 6.07) is 19.1. The Kier molecular flexibility index (Phi) is 6.30. The quantitative estimate of drug-likeness (QED) is 0.324. The summed E-state index contributed by atoms with van der Waals surface area (Å²) in [4.78, 5) is 13.7. The van der Waals surface area contributed by atoms with Crippen molar-refractivity contribution in [3.63, 3.8) is 0 Å². The number of likely N-dealkylation sites (N-methyl/N-ethyl adjacent to an activating group) is 1. The summed E-state index contributed by atoms with van der Waals surface area (Å²) >= 11 is 0. The molecule has 0 bridgehead atoms. The van der Waals surface area contributed by atoms with Gasteiger partial charge in [0.2, 0.25) is 0 Å². The van der Waals surface area contributed by atoms with E-state index in [2.05, 4.69) is 117 Å². The molecular formula is C31H31N5. The van der Waals surface area contributed by atoms with E-state index in [-0.39, 0.29) is 7.43 Å². The van der Waals surface area contributed by atoms with Crippen molar-refractivity contribution in [1.29, 1.82) is 0 Å². The standard InChI is InChI=1S/C30H27N5.CH4/c1-22-8-12-27(20-32-22)35-21-25(28-7-3-4-18-33(28)2)11-15-29(35)23-9-13-26(14-10-23)34-19-16-24-6-5-17-31-30(24)34;/h3-10,12-17,19-21H,11,18H2,1-2H3;1H4. The number of aryl methyl sites for hydroxylation is 1. The van der Waals surface area contributed by atoms with Crippen LogP contribution < -0.4 is 4.90 Å². The molecule has 0 radical (unpaired) electrons. The SMILES string of the molecule is C.Cc1ccc(N2C=C(C3=CC=CCN3C)CC=C2c2ccc(-n3ccc4cccnc43)cc2)cn1. The maximum Gasteiger partial charge on any atom is 0.144 e. The summed E-state index contributed by atoms with van der Waals surface area (Å²) in [5.41, 5.74) is 9.01. The lowest BCUT2D eigenvalue weighted by atomic mass is 9.99. The molecule has 5 nitrogen and oxygen atoms in total. The summed E-state index contributed by atoms with van der Waals surface area (Å²) in [5.74, 6) is 0. The molecule has 0 aliphatic carbocycles. The molecule has 3 aromatic heterocycles. The number of benzene rings is 1. The molecule has 180 valence electrons. The molecule has 0 spiro atoms. The topological polar surface area (TPSA) is 37.2 Å². The molecule has 2 aliphatic rings. The van der Waals surface area contributed by atoms with Gasteiger partial charge in [0, 0.05) is 60.3 Å². The van der Waals surface area contributed by atoms with Crippen LogP contribution in [0.3, 0.4) is 0 Å². The first kappa shape index (κ1) is 23.4. The van der Waals surface area contributed by atoms with Gasteiger partial charge < -0.3 is 14.4 Å². The van der Waals surface area contributed by atoms with E-state index in [1.807, 2.05) is 25.4 Å². The normalized spacial score (nSPS) is 15.3. The Bertz CT molecular complexity index is 1500. The fourth-order valence-corrected chi connectivity index (χ4v) is 4.75. The lowest BCUT2D eigenvalue weighted by Gasteiger charge is -2.32. The minimum atomic E-state index is 0. The fraction of sp³-hybridized carbons (Fsp3) is 0.161. The second-order valence-corrected chi connectivity index (χ2v) is 8.99. The van der Waals surface area contributed by atoms with E-state index in [4.69, 9.17) is 0 Å². The molecule has 5 heteroatoms. The summed E-state index contributed by atoms with van der Waals surface area (Å²) in [7, 11) is 2.14. The van der Waals surface area contributed by atoms with Gasteiger partial charge in [0.05, 0.1) is 11.9 Å². The smallest absolute Gasteiger partial charge is 0.144 e. The Hall–Kier alpha value is -4.38. The first-order chi connectivity index (χ1) is 17.2. The van der Waals surface area contributed by atoms with Crippen LogP contribution >= 0.6 is 0 Å². The van der Waals surface area contributed by atoms with Gasteiger partial charge in [-0.25, -0.2) is 4.98 Å². The highest BCUT2D eigenvalue weighted by molar-refractivity contribution is 5.84. The zero-order valence-corrected chi connectivity index (χ0v) is 20.0. The van der Waals surface area contributed by atoms with Crippen LogP contribution in [0.1, 0.15) is 25.1 Å². The van der Waals surface area contributed by atoms with Crippen LogP contribution in [0.2, 0.25) is 0 Å². The third-order valence-electron chi connectivity index (χ3n) is 6.63. The monoisotopic (exact) mass is 473 g/mol. The van der Waals surface area contributed by atoms with Crippen molar-refractivity contribution >= 4 is 22.4 Å². The fourth-order valence-electron chi connectivity index (χ4n) is 4.75. The zero-order chi connectivity index (χ0) is 23.8. The Morgan fingerprint density at radius 3 is 2.50 bits per heavy atom. The largest absolute Gasteiger partial charge is 0.371 e. The summed E-state index contributed by atoms with van der Waals surface area (Å²) in [6.07, 6.45) is 17.9. The van der Waals surface area contributed by atoms with Gasteiger partial charge in [-0.15, -0.1) is 0 Å². The number of aromatic nitrogens is 3. The van der Waals surface area contributed by atoms with Crippen LogP contribution in [0.15, 0.2) is 115 Å². The predicted molar refractivity (Wildman–Crippen MR) is 150 cm³/mol.